The first-order valence-electron chi connectivity index (χ1n) is 7.47. The summed E-state index contributed by atoms with van der Waals surface area (Å²) >= 11 is 0. The van der Waals surface area contributed by atoms with Crippen molar-refractivity contribution in [3.8, 4) is 5.75 Å². The molecule has 1 unspecified atom stereocenters. The number of hydrogen-bond acceptors (Lipinski definition) is 3. The molecule has 0 saturated carbocycles. The van der Waals surface area contributed by atoms with Crippen LogP contribution in [-0.4, -0.2) is 16.3 Å². The maximum Gasteiger partial charge on any atom is 0.130 e. The van der Waals surface area contributed by atoms with Gasteiger partial charge in [-0.05, 0) is 39.4 Å². The average Bonchev–Trinajstić information content (AvgIpc) is 2.76. The Morgan fingerprint density at radius 2 is 2.05 bits per heavy atom. The number of nitrogens with zero attached hydrogens (tertiary/aromatic N) is 2. The molecule has 4 heteroatoms. The summed E-state index contributed by atoms with van der Waals surface area (Å²) in [5.74, 6) is 0.938. The molecule has 1 N–H and O–H groups in total. The van der Waals surface area contributed by atoms with E-state index >= 15 is 0 Å². The van der Waals surface area contributed by atoms with Gasteiger partial charge in [-0.2, -0.15) is 5.10 Å². The van der Waals surface area contributed by atoms with Gasteiger partial charge in [0.25, 0.3) is 0 Å². The Hall–Kier alpha value is -1.81. The van der Waals surface area contributed by atoms with Crippen molar-refractivity contribution < 1.29 is 4.74 Å². The zero-order valence-corrected chi connectivity index (χ0v) is 13.6. The Balaban J connectivity index is 2.17. The Morgan fingerprint density at radius 1 is 1.29 bits per heavy atom. The van der Waals surface area contributed by atoms with Gasteiger partial charge in [0.05, 0.1) is 11.4 Å². The standard InChI is InChI=1S/C17H25N3O/c1-6-18-14(4)16-9-12(2)7-8-17(16)21-11-15-10-13(3)19-20(15)5/h7-10,14,18H,6,11H2,1-5H3. The van der Waals surface area contributed by atoms with E-state index < -0.39 is 0 Å². The predicted octanol–water partition coefficient (Wildman–Crippen LogP) is 3.29. The van der Waals surface area contributed by atoms with Gasteiger partial charge in [0.1, 0.15) is 12.4 Å². The van der Waals surface area contributed by atoms with E-state index in [1.165, 1.54) is 11.1 Å². The van der Waals surface area contributed by atoms with E-state index in [-0.39, 0.29) is 6.04 Å². The minimum absolute atomic E-state index is 0.276. The largest absolute Gasteiger partial charge is 0.487 e. The van der Waals surface area contributed by atoms with Crippen LogP contribution in [-0.2, 0) is 13.7 Å². The first-order chi connectivity index (χ1) is 10.0. The van der Waals surface area contributed by atoms with Crippen molar-refractivity contribution in [2.75, 3.05) is 6.54 Å². The molecule has 0 aliphatic carbocycles. The molecule has 4 nitrogen and oxygen atoms in total. The van der Waals surface area contributed by atoms with Crippen molar-refractivity contribution in [2.24, 2.45) is 7.05 Å². The molecule has 0 bridgehead atoms. The molecule has 2 aromatic rings. The van der Waals surface area contributed by atoms with Crippen LogP contribution >= 0.6 is 0 Å². The molecule has 2 rings (SSSR count). The van der Waals surface area contributed by atoms with Crippen molar-refractivity contribution >= 4 is 0 Å². The highest BCUT2D eigenvalue weighted by Gasteiger charge is 2.12. The van der Waals surface area contributed by atoms with Crippen LogP contribution in [0.2, 0.25) is 0 Å². The summed E-state index contributed by atoms with van der Waals surface area (Å²) in [6.07, 6.45) is 0. The van der Waals surface area contributed by atoms with E-state index in [0.717, 1.165) is 23.7 Å². The number of hydrogen-bond donors (Lipinski definition) is 1. The highest BCUT2D eigenvalue weighted by atomic mass is 16.5. The molecule has 0 radical (unpaired) electrons. The molecule has 1 atom stereocenters. The lowest BCUT2D eigenvalue weighted by Gasteiger charge is -2.18. The van der Waals surface area contributed by atoms with E-state index in [1.54, 1.807) is 0 Å². The minimum atomic E-state index is 0.276. The molecule has 1 aromatic carbocycles. The van der Waals surface area contributed by atoms with E-state index in [1.807, 2.05) is 18.7 Å². The molecule has 1 aromatic heterocycles. The van der Waals surface area contributed by atoms with E-state index in [2.05, 4.69) is 55.5 Å². The summed E-state index contributed by atoms with van der Waals surface area (Å²) in [6.45, 7) is 9.86. The quantitative estimate of drug-likeness (QED) is 0.886. The maximum absolute atomic E-state index is 6.04. The first kappa shape index (κ1) is 15.6. The third kappa shape index (κ3) is 3.85. The maximum atomic E-state index is 6.04. The van der Waals surface area contributed by atoms with Crippen LogP contribution in [0, 0.1) is 13.8 Å². The van der Waals surface area contributed by atoms with E-state index in [0.29, 0.717) is 6.61 Å². The number of nitrogens with one attached hydrogen (secondary N) is 1. The summed E-state index contributed by atoms with van der Waals surface area (Å²) in [6, 6.07) is 8.67. The molecule has 0 fully saturated rings. The zero-order valence-electron chi connectivity index (χ0n) is 13.6. The zero-order chi connectivity index (χ0) is 15.4. The van der Waals surface area contributed by atoms with Gasteiger partial charge < -0.3 is 10.1 Å². The molecule has 1 heterocycles. The van der Waals surface area contributed by atoms with Crippen LogP contribution in [0.1, 0.15) is 42.4 Å². The average molecular weight is 287 g/mol. The van der Waals surface area contributed by atoms with Crippen molar-refractivity contribution in [3.05, 3.63) is 46.8 Å². The van der Waals surface area contributed by atoms with Gasteiger partial charge in [-0.25, -0.2) is 0 Å². The Morgan fingerprint density at radius 3 is 2.67 bits per heavy atom. The summed E-state index contributed by atoms with van der Waals surface area (Å²) in [4.78, 5) is 0. The molecule has 0 aliphatic rings. The number of benzene rings is 1. The smallest absolute Gasteiger partial charge is 0.130 e. The van der Waals surface area contributed by atoms with Gasteiger partial charge in [0.2, 0.25) is 0 Å². The molecule has 114 valence electrons. The van der Waals surface area contributed by atoms with Crippen LogP contribution in [0.3, 0.4) is 0 Å². The van der Waals surface area contributed by atoms with Crippen LogP contribution in [0.15, 0.2) is 24.3 Å². The predicted molar refractivity (Wildman–Crippen MR) is 85.5 cm³/mol. The molecular formula is C17H25N3O. The van der Waals surface area contributed by atoms with Crippen molar-refractivity contribution in [2.45, 2.75) is 40.3 Å². The van der Waals surface area contributed by atoms with E-state index in [9.17, 15) is 0 Å². The fourth-order valence-corrected chi connectivity index (χ4v) is 2.50. The topological polar surface area (TPSA) is 39.1 Å². The highest BCUT2D eigenvalue weighted by molar-refractivity contribution is 5.39. The SMILES string of the molecule is CCNC(C)c1cc(C)ccc1OCc1cc(C)nn1C. The van der Waals surface area contributed by atoms with Gasteiger partial charge in [-0.1, -0.05) is 24.6 Å². The molecular weight excluding hydrogens is 262 g/mol. The molecule has 0 saturated heterocycles. The lowest BCUT2D eigenvalue weighted by molar-refractivity contribution is 0.289. The van der Waals surface area contributed by atoms with Crippen LogP contribution in [0.4, 0.5) is 0 Å². The molecule has 21 heavy (non-hydrogen) atoms. The van der Waals surface area contributed by atoms with Gasteiger partial charge in [-0.3, -0.25) is 4.68 Å². The number of aromatic nitrogens is 2. The van der Waals surface area contributed by atoms with Gasteiger partial charge in [0, 0.05) is 18.7 Å². The van der Waals surface area contributed by atoms with Crippen LogP contribution in [0.5, 0.6) is 5.75 Å². The summed E-state index contributed by atoms with van der Waals surface area (Å²) in [7, 11) is 1.95. The summed E-state index contributed by atoms with van der Waals surface area (Å²) in [5.41, 5.74) is 4.55. The van der Waals surface area contributed by atoms with Crippen molar-refractivity contribution in [1.82, 2.24) is 15.1 Å². The Bertz CT molecular complexity index is 604. The lowest BCUT2D eigenvalue weighted by Crippen LogP contribution is -2.18. The van der Waals surface area contributed by atoms with Crippen molar-refractivity contribution in [1.29, 1.82) is 0 Å². The summed E-state index contributed by atoms with van der Waals surface area (Å²) in [5, 5.41) is 7.79. The molecule has 0 aliphatic heterocycles. The lowest BCUT2D eigenvalue weighted by atomic mass is 10.0. The monoisotopic (exact) mass is 287 g/mol. The summed E-state index contributed by atoms with van der Waals surface area (Å²) < 4.78 is 7.91. The first-order valence-corrected chi connectivity index (χ1v) is 7.47. The van der Waals surface area contributed by atoms with Crippen molar-refractivity contribution in [3.63, 3.8) is 0 Å². The normalized spacial score (nSPS) is 12.4. The van der Waals surface area contributed by atoms with Gasteiger partial charge >= 0.3 is 0 Å². The van der Waals surface area contributed by atoms with Crippen LogP contribution in [0.25, 0.3) is 0 Å². The number of rotatable bonds is 6. The van der Waals surface area contributed by atoms with Gasteiger partial charge in [0.15, 0.2) is 0 Å². The third-order valence-corrected chi connectivity index (χ3v) is 3.62. The van der Waals surface area contributed by atoms with E-state index in [4.69, 9.17) is 4.74 Å². The number of aryl methyl sites for hydroxylation is 3. The second-order valence-electron chi connectivity index (χ2n) is 5.51. The van der Waals surface area contributed by atoms with Gasteiger partial charge in [-0.15, -0.1) is 0 Å². The fourth-order valence-electron chi connectivity index (χ4n) is 2.50. The highest BCUT2D eigenvalue weighted by Crippen LogP contribution is 2.27. The number of ether oxygens (including phenoxy) is 1. The second kappa shape index (κ2) is 6.76. The second-order valence-corrected chi connectivity index (χ2v) is 5.51. The fraction of sp³-hybridized carbons (Fsp3) is 0.471. The van der Waals surface area contributed by atoms with Crippen LogP contribution < -0.4 is 10.1 Å². The minimum Gasteiger partial charge on any atom is -0.487 e. The Labute approximate surface area is 127 Å². The molecule has 0 amide bonds. The Kier molecular flexibility index (Phi) is 5.02. The third-order valence-electron chi connectivity index (χ3n) is 3.62. The molecule has 0 spiro atoms.